The summed E-state index contributed by atoms with van der Waals surface area (Å²) in [5.74, 6) is -3.65. The molecule has 0 spiro atoms. The van der Waals surface area contributed by atoms with Crippen LogP contribution in [0.25, 0.3) is 0 Å². The van der Waals surface area contributed by atoms with Crippen LogP contribution in [0.1, 0.15) is 18.5 Å². The lowest BCUT2D eigenvalue weighted by molar-refractivity contribution is -0.150. The first kappa shape index (κ1) is 19.6. The van der Waals surface area contributed by atoms with Crippen molar-refractivity contribution in [2.45, 2.75) is 13.0 Å². The van der Waals surface area contributed by atoms with Crippen molar-refractivity contribution in [1.29, 1.82) is 0 Å². The molecular formula is C20H16F2N2O3S. The van der Waals surface area contributed by atoms with E-state index >= 15 is 0 Å². The maximum atomic E-state index is 14.4. The lowest BCUT2D eigenvalue weighted by Gasteiger charge is -2.37. The highest BCUT2D eigenvalue weighted by Gasteiger charge is 2.38. The highest BCUT2D eigenvalue weighted by atomic mass is 32.1. The van der Waals surface area contributed by atoms with Gasteiger partial charge in [-0.3, -0.25) is 9.69 Å². The number of ether oxygens (including phenoxy) is 1. The number of thiocarbonyl (C=S) groups is 1. The number of hydrogen-bond acceptors (Lipinski definition) is 4. The van der Waals surface area contributed by atoms with Gasteiger partial charge in [0.25, 0.3) is 5.78 Å². The number of rotatable bonds is 4. The van der Waals surface area contributed by atoms with Gasteiger partial charge in [-0.05, 0) is 37.3 Å². The van der Waals surface area contributed by atoms with E-state index in [1.807, 2.05) is 6.07 Å². The van der Waals surface area contributed by atoms with Crippen molar-refractivity contribution in [3.63, 3.8) is 0 Å². The van der Waals surface area contributed by atoms with E-state index in [0.717, 1.165) is 13.2 Å². The first-order valence-electron chi connectivity index (χ1n) is 8.29. The van der Waals surface area contributed by atoms with E-state index in [1.54, 1.807) is 36.1 Å². The molecule has 8 heteroatoms. The summed E-state index contributed by atoms with van der Waals surface area (Å²) in [5, 5.41) is 3.10. The Morgan fingerprint density at radius 1 is 1.14 bits per heavy atom. The summed E-state index contributed by atoms with van der Waals surface area (Å²) in [5.41, 5.74) is 0.961. The average molecular weight is 402 g/mol. The molecule has 0 bridgehead atoms. The normalized spacial score (nSPS) is 16.6. The highest BCUT2D eigenvalue weighted by Crippen LogP contribution is 2.35. The number of nitrogens with zero attached hydrogens (tertiary/aromatic N) is 1. The van der Waals surface area contributed by atoms with Crippen LogP contribution in [0.2, 0.25) is 0 Å². The number of benzene rings is 2. The van der Waals surface area contributed by atoms with E-state index in [1.165, 1.54) is 6.07 Å². The SMILES string of the molecule is COC(=O)C(=O)C1=C(C)N(c2ccccc2)C(=S)N[C@H]1c1ccc(F)cc1F. The Labute approximate surface area is 165 Å². The fourth-order valence-corrected chi connectivity index (χ4v) is 3.46. The molecule has 0 aromatic heterocycles. The molecule has 5 nitrogen and oxygen atoms in total. The van der Waals surface area contributed by atoms with E-state index in [-0.39, 0.29) is 16.2 Å². The Bertz CT molecular complexity index is 992. The van der Waals surface area contributed by atoms with Crippen LogP contribution in [-0.4, -0.2) is 24.0 Å². The molecule has 144 valence electrons. The summed E-state index contributed by atoms with van der Waals surface area (Å²) in [7, 11) is 1.08. The number of esters is 1. The maximum Gasteiger partial charge on any atom is 0.379 e. The Morgan fingerprint density at radius 2 is 1.82 bits per heavy atom. The second-order valence-corrected chi connectivity index (χ2v) is 6.43. The van der Waals surface area contributed by atoms with Crippen LogP contribution in [0.5, 0.6) is 0 Å². The number of anilines is 1. The molecule has 0 radical (unpaired) electrons. The molecule has 1 N–H and O–H groups in total. The minimum absolute atomic E-state index is 0.0111. The Kier molecular flexibility index (Phi) is 5.51. The van der Waals surface area contributed by atoms with Gasteiger partial charge in [0.05, 0.1) is 18.7 Å². The molecule has 2 aromatic rings. The fourth-order valence-electron chi connectivity index (χ4n) is 3.10. The third kappa shape index (κ3) is 3.50. The molecule has 1 aliphatic heterocycles. The average Bonchev–Trinajstić information content (AvgIpc) is 2.67. The topological polar surface area (TPSA) is 58.6 Å². The standard InChI is InChI=1S/C20H16F2N2O3S/c1-11-16(18(25)19(26)27-2)17(14-9-8-12(21)10-15(14)22)23-20(28)24(11)13-6-4-3-5-7-13/h3-10,17H,1-2H3,(H,23,28)/t17-/m0/s1. The van der Waals surface area contributed by atoms with E-state index < -0.39 is 29.4 Å². The molecule has 0 amide bonds. The minimum atomic E-state index is -1.09. The van der Waals surface area contributed by atoms with Gasteiger partial charge >= 0.3 is 5.97 Å². The van der Waals surface area contributed by atoms with Crippen molar-refractivity contribution >= 4 is 34.8 Å². The van der Waals surface area contributed by atoms with Gasteiger partial charge in [0, 0.05) is 23.0 Å². The highest BCUT2D eigenvalue weighted by molar-refractivity contribution is 7.80. The lowest BCUT2D eigenvalue weighted by Crippen LogP contribution is -2.48. The third-order valence-corrected chi connectivity index (χ3v) is 4.69. The number of carbonyl (C=O) groups is 2. The largest absolute Gasteiger partial charge is 0.463 e. The quantitative estimate of drug-likeness (QED) is 0.481. The van der Waals surface area contributed by atoms with E-state index in [4.69, 9.17) is 12.2 Å². The predicted octanol–water partition coefficient (Wildman–Crippen LogP) is 3.42. The molecule has 2 aromatic carbocycles. The maximum absolute atomic E-state index is 14.4. The van der Waals surface area contributed by atoms with Gasteiger partial charge in [-0.25, -0.2) is 13.6 Å². The molecular weight excluding hydrogens is 386 g/mol. The number of Topliss-reactive ketones (excluding diaryl/α,β-unsaturated/α-hetero) is 1. The van der Waals surface area contributed by atoms with E-state index in [0.29, 0.717) is 17.5 Å². The second kappa shape index (κ2) is 7.85. The van der Waals surface area contributed by atoms with Gasteiger partial charge in [-0.15, -0.1) is 0 Å². The van der Waals surface area contributed by atoms with Crippen LogP contribution in [0.15, 0.2) is 59.8 Å². The van der Waals surface area contributed by atoms with Crippen molar-refractivity contribution in [2.24, 2.45) is 0 Å². The second-order valence-electron chi connectivity index (χ2n) is 6.04. The van der Waals surface area contributed by atoms with Crippen molar-refractivity contribution in [1.82, 2.24) is 5.32 Å². The smallest absolute Gasteiger partial charge is 0.379 e. The van der Waals surface area contributed by atoms with Gasteiger partial charge in [0.1, 0.15) is 11.6 Å². The Balaban J connectivity index is 2.20. The number of hydrogen-bond donors (Lipinski definition) is 1. The van der Waals surface area contributed by atoms with Crippen LogP contribution in [0.3, 0.4) is 0 Å². The molecule has 28 heavy (non-hydrogen) atoms. The van der Waals surface area contributed by atoms with Gasteiger partial charge in [0.15, 0.2) is 5.11 Å². The van der Waals surface area contributed by atoms with E-state index in [9.17, 15) is 18.4 Å². The molecule has 0 unspecified atom stereocenters. The van der Waals surface area contributed by atoms with Crippen LogP contribution in [0.4, 0.5) is 14.5 Å². The van der Waals surface area contributed by atoms with Crippen LogP contribution < -0.4 is 10.2 Å². The lowest BCUT2D eigenvalue weighted by atomic mass is 9.91. The zero-order chi connectivity index (χ0) is 20.4. The molecule has 1 aliphatic rings. The summed E-state index contributed by atoms with van der Waals surface area (Å²) < 4.78 is 32.3. The first-order chi connectivity index (χ1) is 13.3. The monoisotopic (exact) mass is 402 g/mol. The summed E-state index contributed by atoms with van der Waals surface area (Å²) in [6.45, 7) is 1.60. The fraction of sp³-hybridized carbons (Fsp3) is 0.150. The first-order valence-corrected chi connectivity index (χ1v) is 8.70. The minimum Gasteiger partial charge on any atom is -0.463 e. The zero-order valence-electron chi connectivity index (χ0n) is 15.0. The summed E-state index contributed by atoms with van der Waals surface area (Å²) in [6.07, 6.45) is 0. The van der Waals surface area contributed by atoms with Crippen molar-refractivity contribution in [3.8, 4) is 0 Å². The third-order valence-electron chi connectivity index (χ3n) is 4.39. The Morgan fingerprint density at radius 3 is 2.43 bits per heavy atom. The summed E-state index contributed by atoms with van der Waals surface area (Å²) in [4.78, 5) is 26.3. The van der Waals surface area contributed by atoms with Gasteiger partial charge < -0.3 is 10.1 Å². The van der Waals surface area contributed by atoms with Crippen molar-refractivity contribution < 1.29 is 23.1 Å². The molecule has 0 saturated carbocycles. The number of allylic oxidation sites excluding steroid dienone is 1. The van der Waals surface area contributed by atoms with Crippen LogP contribution in [-0.2, 0) is 14.3 Å². The molecule has 1 heterocycles. The Hall–Kier alpha value is -3.13. The summed E-state index contributed by atoms with van der Waals surface area (Å²) >= 11 is 5.42. The number of methoxy groups -OCH3 is 1. The molecule has 1 atom stereocenters. The van der Waals surface area contributed by atoms with Gasteiger partial charge in [0.2, 0.25) is 0 Å². The molecule has 0 saturated heterocycles. The number of carbonyl (C=O) groups excluding carboxylic acids is 2. The van der Waals surface area contributed by atoms with Gasteiger partial charge in [-0.2, -0.15) is 0 Å². The van der Waals surface area contributed by atoms with Crippen LogP contribution >= 0.6 is 12.2 Å². The molecule has 3 rings (SSSR count). The van der Waals surface area contributed by atoms with Crippen molar-refractivity contribution in [3.05, 3.63) is 77.0 Å². The summed E-state index contributed by atoms with van der Waals surface area (Å²) in [6, 6.07) is 10.9. The van der Waals surface area contributed by atoms with Gasteiger partial charge in [-0.1, -0.05) is 24.3 Å². The predicted molar refractivity (Wildman–Crippen MR) is 103 cm³/mol. The number of halogens is 2. The van der Waals surface area contributed by atoms with Crippen molar-refractivity contribution in [2.75, 3.05) is 12.0 Å². The molecule has 0 fully saturated rings. The number of ketones is 1. The number of para-hydroxylation sites is 1. The number of nitrogens with one attached hydrogen (secondary N) is 1. The zero-order valence-corrected chi connectivity index (χ0v) is 15.8. The van der Waals surface area contributed by atoms with E-state index in [2.05, 4.69) is 10.1 Å². The molecule has 0 aliphatic carbocycles. The van der Waals surface area contributed by atoms with Crippen LogP contribution in [0, 0.1) is 11.6 Å².